The van der Waals surface area contributed by atoms with Gasteiger partial charge in [-0.15, -0.1) is 10.2 Å². The number of piperidine rings is 1. The quantitative estimate of drug-likeness (QED) is 0.917. The topological polar surface area (TPSA) is 79.5 Å². The minimum atomic E-state index is -0.728. The average Bonchev–Trinajstić information content (AvgIpc) is 2.95. The second kappa shape index (κ2) is 6.13. The van der Waals surface area contributed by atoms with Gasteiger partial charge >= 0.3 is 5.97 Å². The monoisotopic (exact) mass is 293 g/mol. The highest BCUT2D eigenvalue weighted by Crippen LogP contribution is 2.38. The highest BCUT2D eigenvalue weighted by atomic mass is 16.4. The Morgan fingerprint density at radius 2 is 2.00 bits per heavy atom. The van der Waals surface area contributed by atoms with Crippen molar-refractivity contribution in [2.45, 2.75) is 70.5 Å². The van der Waals surface area contributed by atoms with Crippen molar-refractivity contribution in [3.05, 3.63) is 11.8 Å². The molecule has 2 fully saturated rings. The first-order valence-electron chi connectivity index (χ1n) is 7.99. The number of hydrogen-bond donors (Lipinski definition) is 1. The Balaban J connectivity index is 1.80. The molecule has 3 rings (SSSR count). The summed E-state index contributed by atoms with van der Waals surface area (Å²) in [4.78, 5) is 13.7. The van der Waals surface area contributed by atoms with E-state index in [4.69, 9.17) is 4.42 Å². The van der Waals surface area contributed by atoms with Crippen LogP contribution in [0.3, 0.4) is 0 Å². The van der Waals surface area contributed by atoms with Crippen molar-refractivity contribution in [2.75, 3.05) is 0 Å². The molecule has 0 bridgehead atoms. The minimum absolute atomic E-state index is 0.352. The summed E-state index contributed by atoms with van der Waals surface area (Å²) in [6.07, 6.45) is 7.23. The first-order chi connectivity index (χ1) is 10.2. The number of fused-ring (bicyclic) bond motifs is 1. The molecule has 1 saturated heterocycles. The van der Waals surface area contributed by atoms with Crippen LogP contribution < -0.4 is 0 Å². The first-order valence-corrected chi connectivity index (χ1v) is 7.99. The summed E-state index contributed by atoms with van der Waals surface area (Å²) in [5, 5.41) is 17.6. The van der Waals surface area contributed by atoms with E-state index in [0.29, 0.717) is 36.7 Å². The molecule has 1 aromatic heterocycles. The van der Waals surface area contributed by atoms with E-state index >= 15 is 0 Å². The number of rotatable bonds is 4. The Morgan fingerprint density at radius 3 is 2.71 bits per heavy atom. The third kappa shape index (κ3) is 2.95. The zero-order valence-corrected chi connectivity index (χ0v) is 12.5. The van der Waals surface area contributed by atoms with Crippen LogP contribution in [0, 0.1) is 5.92 Å². The number of aryl methyl sites for hydroxylation is 1. The molecule has 21 heavy (non-hydrogen) atoms. The molecular formula is C15H23N3O3. The predicted molar refractivity (Wildman–Crippen MR) is 75.6 cm³/mol. The lowest BCUT2D eigenvalue weighted by molar-refractivity contribution is -0.148. The molecule has 6 nitrogen and oxygen atoms in total. The van der Waals surface area contributed by atoms with E-state index in [1.807, 2.05) is 6.92 Å². The Bertz CT molecular complexity index is 502. The van der Waals surface area contributed by atoms with Crippen LogP contribution in [0.1, 0.15) is 57.2 Å². The van der Waals surface area contributed by atoms with Gasteiger partial charge in [-0.2, -0.15) is 0 Å². The van der Waals surface area contributed by atoms with Crippen LogP contribution in [0.2, 0.25) is 0 Å². The van der Waals surface area contributed by atoms with Gasteiger partial charge < -0.3 is 9.52 Å². The van der Waals surface area contributed by atoms with E-state index < -0.39 is 12.0 Å². The van der Waals surface area contributed by atoms with Gasteiger partial charge in [-0.1, -0.05) is 19.8 Å². The van der Waals surface area contributed by atoms with Gasteiger partial charge in [0, 0.05) is 12.5 Å². The van der Waals surface area contributed by atoms with E-state index in [1.165, 1.54) is 19.3 Å². The maximum atomic E-state index is 11.6. The summed E-state index contributed by atoms with van der Waals surface area (Å²) < 4.78 is 5.59. The van der Waals surface area contributed by atoms with Gasteiger partial charge in [-0.25, -0.2) is 0 Å². The fourth-order valence-electron chi connectivity index (χ4n) is 3.87. The van der Waals surface area contributed by atoms with Gasteiger partial charge in [-0.3, -0.25) is 9.69 Å². The van der Waals surface area contributed by atoms with Gasteiger partial charge in [0.15, 0.2) is 0 Å². The number of hydrogen-bond acceptors (Lipinski definition) is 5. The van der Waals surface area contributed by atoms with Crippen LogP contribution in [0.15, 0.2) is 4.42 Å². The molecule has 0 spiro atoms. The van der Waals surface area contributed by atoms with Gasteiger partial charge in [0.05, 0.1) is 6.54 Å². The summed E-state index contributed by atoms with van der Waals surface area (Å²) in [6, 6.07) is -0.0631. The highest BCUT2D eigenvalue weighted by molar-refractivity contribution is 5.73. The van der Waals surface area contributed by atoms with Crippen molar-refractivity contribution >= 4 is 5.97 Å². The van der Waals surface area contributed by atoms with Gasteiger partial charge in [0.25, 0.3) is 0 Å². The second-order valence-electron chi connectivity index (χ2n) is 6.16. The third-order valence-corrected chi connectivity index (χ3v) is 4.92. The molecule has 0 aromatic carbocycles. The Hall–Kier alpha value is -1.43. The number of carboxylic acid groups (broad SMARTS) is 1. The Labute approximate surface area is 124 Å². The highest BCUT2D eigenvalue weighted by Gasteiger charge is 2.41. The smallest absolute Gasteiger partial charge is 0.320 e. The van der Waals surface area contributed by atoms with Crippen LogP contribution in [-0.2, 0) is 17.8 Å². The number of aliphatic carboxylic acids is 1. The fourth-order valence-corrected chi connectivity index (χ4v) is 3.87. The van der Waals surface area contributed by atoms with E-state index in [9.17, 15) is 9.90 Å². The molecule has 3 atom stereocenters. The Morgan fingerprint density at radius 1 is 1.24 bits per heavy atom. The summed E-state index contributed by atoms with van der Waals surface area (Å²) >= 11 is 0. The molecule has 116 valence electrons. The maximum Gasteiger partial charge on any atom is 0.320 e. The van der Waals surface area contributed by atoms with Crippen molar-refractivity contribution in [2.24, 2.45) is 5.92 Å². The molecule has 1 saturated carbocycles. The fraction of sp³-hybridized carbons (Fsp3) is 0.800. The molecular weight excluding hydrogens is 270 g/mol. The molecule has 1 N–H and O–H groups in total. The number of carboxylic acids is 1. The average molecular weight is 293 g/mol. The van der Waals surface area contributed by atoms with Crippen molar-refractivity contribution in [3.63, 3.8) is 0 Å². The van der Waals surface area contributed by atoms with Crippen LogP contribution in [0.4, 0.5) is 0 Å². The summed E-state index contributed by atoms with van der Waals surface area (Å²) in [5.74, 6) is 1.07. The SMILES string of the molecule is CCc1nnc(CN2C(C(=O)O)CCC3CCCCC32)o1. The van der Waals surface area contributed by atoms with Crippen LogP contribution >= 0.6 is 0 Å². The zero-order valence-electron chi connectivity index (χ0n) is 12.5. The van der Waals surface area contributed by atoms with E-state index in [0.717, 1.165) is 19.3 Å². The molecule has 1 aliphatic carbocycles. The lowest BCUT2D eigenvalue weighted by Gasteiger charge is -2.46. The molecule has 3 unspecified atom stereocenters. The van der Waals surface area contributed by atoms with Gasteiger partial charge in [-0.05, 0) is 31.6 Å². The normalized spacial score (nSPS) is 30.0. The predicted octanol–water partition coefficient (Wildman–Crippen LogP) is 2.24. The van der Waals surface area contributed by atoms with E-state index in [1.54, 1.807) is 0 Å². The molecule has 1 aromatic rings. The van der Waals surface area contributed by atoms with Crippen LogP contribution in [0.25, 0.3) is 0 Å². The van der Waals surface area contributed by atoms with Crippen molar-refractivity contribution < 1.29 is 14.3 Å². The van der Waals surface area contributed by atoms with E-state index in [2.05, 4.69) is 15.1 Å². The zero-order chi connectivity index (χ0) is 14.8. The standard InChI is InChI=1S/C15H23N3O3/c1-2-13-16-17-14(21-13)9-18-11-6-4-3-5-10(11)7-8-12(18)15(19)20/h10-12H,2-9H2,1H3,(H,19,20). The number of nitrogens with zero attached hydrogens (tertiary/aromatic N) is 3. The number of likely N-dealkylation sites (tertiary alicyclic amines) is 1. The summed E-state index contributed by atoms with van der Waals surface area (Å²) in [5.41, 5.74) is 0. The van der Waals surface area contributed by atoms with Crippen molar-refractivity contribution in [3.8, 4) is 0 Å². The number of aromatic nitrogens is 2. The minimum Gasteiger partial charge on any atom is -0.480 e. The molecule has 0 amide bonds. The van der Waals surface area contributed by atoms with Gasteiger partial charge in [0.1, 0.15) is 6.04 Å². The third-order valence-electron chi connectivity index (χ3n) is 4.92. The van der Waals surface area contributed by atoms with Gasteiger partial charge in [0.2, 0.25) is 11.8 Å². The van der Waals surface area contributed by atoms with Crippen molar-refractivity contribution in [1.82, 2.24) is 15.1 Å². The van der Waals surface area contributed by atoms with Crippen molar-refractivity contribution in [1.29, 1.82) is 0 Å². The molecule has 2 aliphatic rings. The number of carbonyl (C=O) groups is 1. The van der Waals surface area contributed by atoms with Crippen LogP contribution in [0.5, 0.6) is 0 Å². The lowest BCUT2D eigenvalue weighted by atomic mass is 9.76. The largest absolute Gasteiger partial charge is 0.480 e. The summed E-state index contributed by atoms with van der Waals surface area (Å²) in [7, 11) is 0. The molecule has 2 heterocycles. The molecule has 6 heteroatoms. The van der Waals surface area contributed by atoms with Crippen LogP contribution in [-0.4, -0.2) is 38.3 Å². The lowest BCUT2D eigenvalue weighted by Crippen LogP contribution is -2.54. The summed E-state index contributed by atoms with van der Waals surface area (Å²) in [6.45, 7) is 2.43. The molecule has 1 aliphatic heterocycles. The molecule has 0 radical (unpaired) electrons. The first kappa shape index (κ1) is 14.5. The van der Waals surface area contributed by atoms with E-state index in [-0.39, 0.29) is 0 Å². The second-order valence-corrected chi connectivity index (χ2v) is 6.16. The Kier molecular flexibility index (Phi) is 4.24. The maximum absolute atomic E-state index is 11.6.